The van der Waals surface area contributed by atoms with Gasteiger partial charge in [0.2, 0.25) is 0 Å². The molecule has 1 aromatic heterocycles. The molecule has 2 aliphatic rings. The molecular formula is C31H33Cl2N5O. The number of piperidine rings is 1. The number of para-hydroxylation sites is 1. The third kappa shape index (κ3) is 6.06. The van der Waals surface area contributed by atoms with Crippen molar-refractivity contribution in [2.45, 2.75) is 31.5 Å². The molecule has 0 atom stereocenters. The Balaban J connectivity index is 1.19. The molecule has 0 spiro atoms. The molecule has 6 nitrogen and oxygen atoms in total. The van der Waals surface area contributed by atoms with E-state index in [-0.39, 0.29) is 12.1 Å². The van der Waals surface area contributed by atoms with Crippen molar-refractivity contribution in [2.24, 2.45) is 0 Å². The topological polar surface area (TPSA) is 55.7 Å². The second-order valence-corrected chi connectivity index (χ2v) is 11.4. The number of aliphatic hydroxyl groups is 1. The highest BCUT2D eigenvalue weighted by atomic mass is 35.5. The number of fused-ring (bicyclic) bond motifs is 1. The molecule has 0 radical (unpaired) electrons. The van der Waals surface area contributed by atoms with Crippen LogP contribution < -0.4 is 4.90 Å². The van der Waals surface area contributed by atoms with Gasteiger partial charge in [-0.25, -0.2) is 9.97 Å². The molecule has 3 heterocycles. The molecule has 1 N–H and O–H groups in total. The maximum Gasteiger partial charge on any atom is 0.145 e. The van der Waals surface area contributed by atoms with Crippen molar-refractivity contribution in [1.29, 1.82) is 0 Å². The lowest BCUT2D eigenvalue weighted by molar-refractivity contribution is 0.103. The normalized spacial score (nSPS) is 17.8. The van der Waals surface area contributed by atoms with Crippen molar-refractivity contribution in [3.05, 3.63) is 99.8 Å². The molecule has 6 rings (SSSR count). The zero-order valence-corrected chi connectivity index (χ0v) is 23.4. The first-order valence-electron chi connectivity index (χ1n) is 13.7. The number of halogens is 2. The van der Waals surface area contributed by atoms with Crippen LogP contribution in [0.3, 0.4) is 0 Å². The zero-order chi connectivity index (χ0) is 26.8. The highest BCUT2D eigenvalue weighted by Crippen LogP contribution is 2.32. The van der Waals surface area contributed by atoms with Crippen molar-refractivity contribution < 1.29 is 5.11 Å². The number of aromatic nitrogens is 2. The van der Waals surface area contributed by atoms with Crippen LogP contribution in [0.1, 0.15) is 35.8 Å². The highest BCUT2D eigenvalue weighted by Gasteiger charge is 2.27. The fourth-order valence-corrected chi connectivity index (χ4v) is 6.03. The van der Waals surface area contributed by atoms with Gasteiger partial charge in [-0.2, -0.15) is 0 Å². The lowest BCUT2D eigenvalue weighted by Crippen LogP contribution is -2.47. The van der Waals surface area contributed by atoms with Gasteiger partial charge in [-0.05, 0) is 60.4 Å². The van der Waals surface area contributed by atoms with Crippen LogP contribution in [0, 0.1) is 0 Å². The molecule has 0 bridgehead atoms. The predicted octanol–water partition coefficient (Wildman–Crippen LogP) is 5.80. The number of aliphatic hydroxyl groups excluding tert-OH is 1. The maximum absolute atomic E-state index is 10.0. The zero-order valence-electron chi connectivity index (χ0n) is 21.9. The van der Waals surface area contributed by atoms with Gasteiger partial charge in [0, 0.05) is 54.7 Å². The minimum Gasteiger partial charge on any atom is -0.393 e. The van der Waals surface area contributed by atoms with E-state index in [9.17, 15) is 5.11 Å². The third-order valence-corrected chi connectivity index (χ3v) is 8.41. The van der Waals surface area contributed by atoms with E-state index in [1.54, 1.807) is 0 Å². The van der Waals surface area contributed by atoms with Crippen LogP contribution in [-0.4, -0.2) is 70.2 Å². The second kappa shape index (κ2) is 11.8. The van der Waals surface area contributed by atoms with Crippen molar-refractivity contribution >= 4 is 39.9 Å². The lowest BCUT2D eigenvalue weighted by Gasteiger charge is -2.39. The monoisotopic (exact) mass is 561 g/mol. The van der Waals surface area contributed by atoms with Gasteiger partial charge in [-0.3, -0.25) is 9.80 Å². The van der Waals surface area contributed by atoms with Crippen LogP contribution in [0.25, 0.3) is 10.9 Å². The van der Waals surface area contributed by atoms with Gasteiger partial charge in [-0.1, -0.05) is 59.6 Å². The van der Waals surface area contributed by atoms with Gasteiger partial charge in [0.15, 0.2) is 0 Å². The summed E-state index contributed by atoms with van der Waals surface area (Å²) in [6.07, 6.45) is 1.34. The van der Waals surface area contributed by atoms with Gasteiger partial charge in [0.05, 0.1) is 24.2 Å². The fraction of sp³-hybridized carbons (Fsp3) is 0.355. The average Bonchev–Trinajstić information content (AvgIpc) is 2.96. The molecule has 202 valence electrons. The van der Waals surface area contributed by atoms with E-state index in [2.05, 4.69) is 51.1 Å². The first-order chi connectivity index (χ1) is 19.0. The Kier molecular flexibility index (Phi) is 8.00. The Hall–Kier alpha value is -2.74. The van der Waals surface area contributed by atoms with Gasteiger partial charge < -0.3 is 10.0 Å². The second-order valence-electron chi connectivity index (χ2n) is 10.5. The smallest absolute Gasteiger partial charge is 0.145 e. The van der Waals surface area contributed by atoms with Crippen LogP contribution in [0.5, 0.6) is 0 Å². The summed E-state index contributed by atoms with van der Waals surface area (Å²) in [6, 6.07) is 24.8. The van der Waals surface area contributed by atoms with Crippen LogP contribution in [0.15, 0.2) is 72.8 Å². The maximum atomic E-state index is 10.0. The summed E-state index contributed by atoms with van der Waals surface area (Å²) in [5, 5.41) is 12.6. The summed E-state index contributed by atoms with van der Waals surface area (Å²) in [5.74, 6) is 1.85. The molecule has 0 aliphatic carbocycles. The number of nitrogens with zero attached hydrogens (tertiary/aromatic N) is 5. The number of hydrogen-bond acceptors (Lipinski definition) is 6. The van der Waals surface area contributed by atoms with E-state index in [0.717, 1.165) is 84.7 Å². The minimum atomic E-state index is -0.213. The number of hydrogen-bond donors (Lipinski definition) is 1. The van der Waals surface area contributed by atoms with Crippen LogP contribution in [0.2, 0.25) is 10.0 Å². The minimum absolute atomic E-state index is 0.139. The average molecular weight is 563 g/mol. The van der Waals surface area contributed by atoms with Crippen molar-refractivity contribution in [2.75, 3.05) is 44.2 Å². The van der Waals surface area contributed by atoms with E-state index >= 15 is 0 Å². The van der Waals surface area contributed by atoms with Crippen LogP contribution in [0.4, 0.5) is 5.82 Å². The Morgan fingerprint density at radius 3 is 1.95 bits per heavy atom. The molecule has 4 aromatic rings. The summed E-state index contributed by atoms with van der Waals surface area (Å²) in [5.41, 5.74) is 3.43. The SMILES string of the molecule is OC1CCN(c2nc(CN3CCN(C(c4ccc(Cl)cc4)c4ccc(Cl)cc4)CC3)nc3ccccc23)CC1. The Labute approximate surface area is 239 Å². The summed E-state index contributed by atoms with van der Waals surface area (Å²) >= 11 is 12.4. The third-order valence-electron chi connectivity index (χ3n) is 7.90. The van der Waals surface area contributed by atoms with Gasteiger partial charge in [0.1, 0.15) is 11.6 Å². The molecule has 2 aliphatic heterocycles. The molecule has 2 fully saturated rings. The van der Waals surface area contributed by atoms with E-state index in [4.69, 9.17) is 33.2 Å². The molecule has 3 aromatic carbocycles. The highest BCUT2D eigenvalue weighted by molar-refractivity contribution is 6.30. The first-order valence-corrected chi connectivity index (χ1v) is 14.4. The van der Waals surface area contributed by atoms with E-state index < -0.39 is 0 Å². The van der Waals surface area contributed by atoms with Crippen molar-refractivity contribution in [3.8, 4) is 0 Å². The Morgan fingerprint density at radius 1 is 0.744 bits per heavy atom. The summed E-state index contributed by atoms with van der Waals surface area (Å²) in [6.45, 7) is 6.07. The molecule has 0 saturated carbocycles. The largest absolute Gasteiger partial charge is 0.393 e. The van der Waals surface area contributed by atoms with E-state index in [1.165, 1.54) is 11.1 Å². The molecule has 39 heavy (non-hydrogen) atoms. The first kappa shape index (κ1) is 26.5. The van der Waals surface area contributed by atoms with Gasteiger partial charge in [-0.15, -0.1) is 0 Å². The summed E-state index contributed by atoms with van der Waals surface area (Å²) in [7, 11) is 0. The molecule has 8 heteroatoms. The fourth-order valence-electron chi connectivity index (χ4n) is 5.78. The summed E-state index contributed by atoms with van der Waals surface area (Å²) in [4.78, 5) is 17.3. The molecule has 2 saturated heterocycles. The Bertz CT molecular complexity index is 1350. The van der Waals surface area contributed by atoms with Crippen LogP contribution in [-0.2, 0) is 6.54 Å². The lowest BCUT2D eigenvalue weighted by atomic mass is 9.96. The molecule has 0 unspecified atom stereocenters. The van der Waals surface area contributed by atoms with Gasteiger partial charge in [0.25, 0.3) is 0 Å². The number of rotatable bonds is 6. The summed E-state index contributed by atoms with van der Waals surface area (Å²) < 4.78 is 0. The Morgan fingerprint density at radius 2 is 1.33 bits per heavy atom. The standard InChI is InChI=1S/C31H33Cl2N5O/c32-24-9-5-22(6-10-24)30(23-7-11-25(33)12-8-23)37-19-17-36(18-20-37)21-29-34-28-4-2-1-3-27(28)31(35-29)38-15-13-26(39)14-16-38/h1-12,26,30,39H,13-21H2. The van der Waals surface area contributed by atoms with Crippen molar-refractivity contribution in [1.82, 2.24) is 19.8 Å². The quantitative estimate of drug-likeness (QED) is 0.321. The molecule has 0 amide bonds. The molecular weight excluding hydrogens is 529 g/mol. The van der Waals surface area contributed by atoms with E-state index in [1.807, 2.05) is 36.4 Å². The predicted molar refractivity (Wildman–Crippen MR) is 159 cm³/mol. The van der Waals surface area contributed by atoms with Gasteiger partial charge >= 0.3 is 0 Å². The number of benzene rings is 3. The number of piperazine rings is 1. The van der Waals surface area contributed by atoms with E-state index in [0.29, 0.717) is 6.54 Å². The number of anilines is 1. The van der Waals surface area contributed by atoms with Crippen LogP contribution >= 0.6 is 23.2 Å². The van der Waals surface area contributed by atoms with Crippen molar-refractivity contribution in [3.63, 3.8) is 0 Å².